The topological polar surface area (TPSA) is 60.2 Å². The average molecular weight is 420 g/mol. The molecule has 0 saturated heterocycles. The number of primary amides is 1. The van der Waals surface area contributed by atoms with Crippen LogP contribution in [0, 0.1) is 5.92 Å². The normalized spacial score (nSPS) is 18.9. The Morgan fingerprint density at radius 1 is 1.21 bits per heavy atom. The van der Waals surface area contributed by atoms with Crippen molar-refractivity contribution in [3.05, 3.63) is 55.7 Å². The summed E-state index contributed by atoms with van der Waals surface area (Å²) in [6, 6.07) is 7.31. The molecular weight excluding hydrogens is 392 g/mol. The molecule has 1 aliphatic heterocycles. The second-order valence-corrected chi connectivity index (χ2v) is 10.1. The van der Waals surface area contributed by atoms with Crippen LogP contribution in [0.4, 0.5) is 0 Å². The molecule has 2 aromatic rings. The Hall–Kier alpha value is -1.69. The molecule has 1 aliphatic rings. The van der Waals surface area contributed by atoms with Crippen LogP contribution in [0.1, 0.15) is 45.1 Å². The quantitative estimate of drug-likeness (QED) is 0.689. The maximum absolute atomic E-state index is 12.6. The Morgan fingerprint density at radius 2 is 1.89 bits per heavy atom. The number of carbonyl (C=O) groups excluding carboxylic acids is 2. The Bertz CT molecular complexity index is 889. The summed E-state index contributed by atoms with van der Waals surface area (Å²) in [5.41, 5.74) is 8.31. The van der Waals surface area contributed by atoms with E-state index in [-0.39, 0.29) is 12.2 Å². The molecule has 1 unspecified atom stereocenters. The molecule has 1 atom stereocenters. The highest BCUT2D eigenvalue weighted by atomic mass is 35.5. The molecule has 1 amide bonds. The van der Waals surface area contributed by atoms with Crippen LogP contribution in [0.2, 0.25) is 5.02 Å². The number of hydrogen-bond acceptors (Lipinski definition) is 3. The standard InChI is InChI=1S/C22H27ClN2O2S/c1-14(2)12-25(3)9-8-18-20(13-25)28-19(21(18)22(24)27)11-17(26)10-15-4-6-16(23)7-5-15/h4-7,14H,8-13H2,1-3H3,(H-,24,27)/p+1. The number of ketones is 1. The van der Waals surface area contributed by atoms with Crippen LogP contribution < -0.4 is 5.73 Å². The summed E-state index contributed by atoms with van der Waals surface area (Å²) in [5.74, 6) is 0.289. The number of carbonyl (C=O) groups is 2. The molecule has 0 aliphatic carbocycles. The van der Waals surface area contributed by atoms with Crippen LogP contribution in [0.15, 0.2) is 24.3 Å². The van der Waals surface area contributed by atoms with Crippen molar-refractivity contribution in [3.8, 4) is 0 Å². The summed E-state index contributed by atoms with van der Waals surface area (Å²) in [4.78, 5) is 26.9. The van der Waals surface area contributed by atoms with Crippen LogP contribution in [-0.2, 0) is 30.6 Å². The Kier molecular flexibility index (Phi) is 6.28. The number of Topliss-reactive ketones (excluding diaryl/α,β-unsaturated/α-hetero) is 1. The summed E-state index contributed by atoms with van der Waals surface area (Å²) >= 11 is 7.51. The SMILES string of the molecule is CC(C)C[N+]1(C)CCc2c(sc(CC(=O)Cc3ccc(Cl)cc3)c2C(N)=O)C1. The van der Waals surface area contributed by atoms with Gasteiger partial charge < -0.3 is 10.2 Å². The van der Waals surface area contributed by atoms with E-state index in [1.165, 1.54) is 4.88 Å². The first-order chi connectivity index (χ1) is 13.2. The van der Waals surface area contributed by atoms with Crippen molar-refractivity contribution in [2.75, 3.05) is 20.1 Å². The van der Waals surface area contributed by atoms with Crippen molar-refractivity contribution < 1.29 is 14.1 Å². The lowest BCUT2D eigenvalue weighted by atomic mass is 9.97. The van der Waals surface area contributed by atoms with Crippen molar-refractivity contribution in [1.29, 1.82) is 0 Å². The van der Waals surface area contributed by atoms with Crippen molar-refractivity contribution in [2.24, 2.45) is 11.7 Å². The zero-order chi connectivity index (χ0) is 20.5. The summed E-state index contributed by atoms with van der Waals surface area (Å²) in [6.45, 7) is 7.49. The summed E-state index contributed by atoms with van der Waals surface area (Å²) < 4.78 is 0.974. The molecule has 0 bridgehead atoms. The second-order valence-electron chi connectivity index (χ2n) is 8.51. The van der Waals surface area contributed by atoms with Gasteiger partial charge in [0.1, 0.15) is 12.3 Å². The van der Waals surface area contributed by atoms with Crippen molar-refractivity contribution >= 4 is 34.6 Å². The van der Waals surface area contributed by atoms with E-state index in [1.54, 1.807) is 23.5 Å². The number of thiophene rings is 1. The molecule has 4 nitrogen and oxygen atoms in total. The molecule has 3 rings (SSSR count). The smallest absolute Gasteiger partial charge is 0.250 e. The lowest BCUT2D eigenvalue weighted by molar-refractivity contribution is -0.926. The van der Waals surface area contributed by atoms with E-state index in [9.17, 15) is 9.59 Å². The van der Waals surface area contributed by atoms with E-state index in [0.29, 0.717) is 22.9 Å². The fraction of sp³-hybridized carbons (Fsp3) is 0.455. The van der Waals surface area contributed by atoms with E-state index in [2.05, 4.69) is 20.9 Å². The number of fused-ring (bicyclic) bond motifs is 1. The van der Waals surface area contributed by atoms with Gasteiger partial charge in [0.2, 0.25) is 5.91 Å². The number of quaternary nitrogens is 1. The molecule has 0 saturated carbocycles. The number of hydrogen-bond donors (Lipinski definition) is 1. The van der Waals surface area contributed by atoms with Gasteiger partial charge in [0, 0.05) is 35.1 Å². The van der Waals surface area contributed by atoms with Gasteiger partial charge >= 0.3 is 0 Å². The average Bonchev–Trinajstić information content (AvgIpc) is 2.92. The minimum absolute atomic E-state index is 0.0860. The summed E-state index contributed by atoms with van der Waals surface area (Å²) in [6.07, 6.45) is 1.43. The Labute approximate surface area is 175 Å². The largest absolute Gasteiger partial charge is 0.366 e. The zero-order valence-corrected chi connectivity index (χ0v) is 18.3. The highest BCUT2D eigenvalue weighted by Gasteiger charge is 2.34. The van der Waals surface area contributed by atoms with Crippen LogP contribution >= 0.6 is 22.9 Å². The lowest BCUT2D eigenvalue weighted by Crippen LogP contribution is -2.49. The van der Waals surface area contributed by atoms with Crippen LogP contribution in [-0.4, -0.2) is 36.3 Å². The van der Waals surface area contributed by atoms with Crippen molar-refractivity contribution in [3.63, 3.8) is 0 Å². The first-order valence-electron chi connectivity index (χ1n) is 9.70. The summed E-state index contributed by atoms with van der Waals surface area (Å²) in [7, 11) is 2.28. The third-order valence-corrected chi connectivity index (χ3v) is 6.78. The van der Waals surface area contributed by atoms with Gasteiger partial charge in [-0.3, -0.25) is 9.59 Å². The predicted octanol–water partition coefficient (Wildman–Crippen LogP) is 4.01. The minimum atomic E-state index is -0.410. The van der Waals surface area contributed by atoms with E-state index in [1.807, 2.05) is 12.1 Å². The van der Waals surface area contributed by atoms with Gasteiger partial charge in [-0.2, -0.15) is 0 Å². The molecule has 0 radical (unpaired) electrons. The molecule has 150 valence electrons. The molecule has 2 N–H and O–H groups in total. The molecule has 28 heavy (non-hydrogen) atoms. The first kappa shape index (κ1) is 21.0. The van der Waals surface area contributed by atoms with E-state index >= 15 is 0 Å². The highest BCUT2D eigenvalue weighted by molar-refractivity contribution is 7.12. The lowest BCUT2D eigenvalue weighted by Gasteiger charge is -2.39. The van der Waals surface area contributed by atoms with E-state index in [4.69, 9.17) is 17.3 Å². The van der Waals surface area contributed by atoms with Gasteiger partial charge in [0.05, 0.1) is 30.6 Å². The molecular formula is C22H28ClN2O2S+. The fourth-order valence-electron chi connectivity index (χ4n) is 4.29. The Balaban J connectivity index is 1.81. The van der Waals surface area contributed by atoms with Gasteiger partial charge in [0.15, 0.2) is 0 Å². The number of amides is 1. The van der Waals surface area contributed by atoms with E-state index < -0.39 is 5.91 Å². The molecule has 0 fully saturated rings. The van der Waals surface area contributed by atoms with Crippen molar-refractivity contribution in [1.82, 2.24) is 0 Å². The second kappa shape index (κ2) is 8.36. The first-order valence-corrected chi connectivity index (χ1v) is 10.9. The van der Waals surface area contributed by atoms with Crippen LogP contribution in [0.3, 0.4) is 0 Å². The molecule has 2 heterocycles. The van der Waals surface area contributed by atoms with Crippen LogP contribution in [0.5, 0.6) is 0 Å². The molecule has 1 aromatic heterocycles. The van der Waals surface area contributed by atoms with Gasteiger partial charge in [-0.25, -0.2) is 0 Å². The van der Waals surface area contributed by atoms with Gasteiger partial charge in [-0.05, 0) is 23.3 Å². The number of rotatable bonds is 7. The minimum Gasteiger partial charge on any atom is -0.366 e. The fourth-order valence-corrected chi connectivity index (χ4v) is 5.97. The third-order valence-electron chi connectivity index (χ3n) is 5.32. The number of halogens is 1. The molecule has 1 aromatic carbocycles. The number of likely N-dealkylation sites (N-methyl/N-ethyl adjacent to an activating group) is 1. The molecule has 6 heteroatoms. The Morgan fingerprint density at radius 3 is 2.50 bits per heavy atom. The van der Waals surface area contributed by atoms with Gasteiger partial charge in [0.25, 0.3) is 0 Å². The maximum atomic E-state index is 12.6. The van der Waals surface area contributed by atoms with E-state index in [0.717, 1.165) is 46.5 Å². The third kappa shape index (κ3) is 4.83. The number of nitrogens with two attached hydrogens (primary N) is 1. The number of nitrogens with zero attached hydrogens (tertiary/aromatic N) is 1. The van der Waals surface area contributed by atoms with Gasteiger partial charge in [-0.15, -0.1) is 11.3 Å². The zero-order valence-electron chi connectivity index (χ0n) is 16.8. The summed E-state index contributed by atoms with van der Waals surface area (Å²) in [5, 5.41) is 0.653. The molecule has 0 spiro atoms. The van der Waals surface area contributed by atoms with Crippen molar-refractivity contribution in [2.45, 2.75) is 39.7 Å². The maximum Gasteiger partial charge on any atom is 0.250 e. The monoisotopic (exact) mass is 419 g/mol. The highest BCUT2D eigenvalue weighted by Crippen LogP contribution is 2.36. The predicted molar refractivity (Wildman–Crippen MR) is 115 cm³/mol. The van der Waals surface area contributed by atoms with Crippen LogP contribution in [0.25, 0.3) is 0 Å². The number of benzene rings is 1. The van der Waals surface area contributed by atoms with Gasteiger partial charge in [-0.1, -0.05) is 37.6 Å².